The minimum absolute atomic E-state index is 0.0662. The lowest BCUT2D eigenvalue weighted by Crippen LogP contribution is -2.46. The van der Waals surface area contributed by atoms with E-state index in [1.54, 1.807) is 36.4 Å². The van der Waals surface area contributed by atoms with Gasteiger partial charge in [-0.2, -0.15) is 0 Å². The van der Waals surface area contributed by atoms with E-state index in [2.05, 4.69) is 5.32 Å². The number of nitrogens with zero attached hydrogens (tertiary/aromatic N) is 1. The smallest absolute Gasteiger partial charge is 0.294 e. The van der Waals surface area contributed by atoms with Crippen LogP contribution < -0.4 is 15.0 Å². The molecule has 1 N–H and O–H groups in total. The van der Waals surface area contributed by atoms with Crippen LogP contribution in [0, 0.1) is 5.82 Å². The second-order valence-corrected chi connectivity index (χ2v) is 8.02. The maximum absolute atomic E-state index is 13.7. The largest absolute Gasteiger partial charge is 0.494 e. The highest BCUT2D eigenvalue weighted by atomic mass is 19.1. The Bertz CT molecular complexity index is 1060. The monoisotopic (exact) mass is 450 g/mol. The molecule has 1 atom stereocenters. The van der Waals surface area contributed by atoms with Crippen molar-refractivity contribution in [1.29, 1.82) is 0 Å². The van der Waals surface area contributed by atoms with Gasteiger partial charge in [-0.1, -0.05) is 25.0 Å². The SMILES string of the molecule is CCOc1ccc([C@@H](C(=O)NC2CCCC2)N(C(=O)c2ccco2)c2ccc(F)cc2)cc1. The standard InChI is InChI=1S/C26H27FN2O4/c1-2-32-22-15-9-18(10-16-22)24(25(30)28-20-6-3-4-7-20)29(21-13-11-19(27)12-14-21)26(31)23-8-5-17-33-23/h5,8-17,20,24H,2-4,6-7H2,1H3,(H,28,30)/t24-/m0/s1. The van der Waals surface area contributed by atoms with E-state index in [0.29, 0.717) is 23.6 Å². The predicted octanol–water partition coefficient (Wildman–Crippen LogP) is 5.26. The first-order valence-corrected chi connectivity index (χ1v) is 11.2. The molecule has 0 radical (unpaired) electrons. The van der Waals surface area contributed by atoms with E-state index in [0.717, 1.165) is 25.7 Å². The minimum atomic E-state index is -0.982. The molecule has 2 aromatic carbocycles. The van der Waals surface area contributed by atoms with E-state index < -0.39 is 17.8 Å². The van der Waals surface area contributed by atoms with Gasteiger partial charge in [0, 0.05) is 11.7 Å². The fourth-order valence-corrected chi connectivity index (χ4v) is 4.19. The van der Waals surface area contributed by atoms with Crippen LogP contribution in [0.2, 0.25) is 0 Å². The summed E-state index contributed by atoms with van der Waals surface area (Å²) in [5.41, 5.74) is 0.997. The lowest BCUT2D eigenvalue weighted by atomic mass is 10.0. The summed E-state index contributed by atoms with van der Waals surface area (Å²) < 4.78 is 24.6. The molecule has 1 heterocycles. The second kappa shape index (κ2) is 10.3. The predicted molar refractivity (Wildman–Crippen MR) is 123 cm³/mol. The first-order chi connectivity index (χ1) is 16.1. The molecule has 3 aromatic rings. The van der Waals surface area contributed by atoms with Crippen molar-refractivity contribution < 1.29 is 23.1 Å². The van der Waals surface area contributed by atoms with E-state index in [4.69, 9.17) is 9.15 Å². The van der Waals surface area contributed by atoms with Gasteiger partial charge in [-0.25, -0.2) is 4.39 Å². The topological polar surface area (TPSA) is 71.8 Å². The van der Waals surface area contributed by atoms with Gasteiger partial charge in [-0.3, -0.25) is 14.5 Å². The number of furan rings is 1. The molecule has 0 aliphatic heterocycles. The summed E-state index contributed by atoms with van der Waals surface area (Å²) in [6.45, 7) is 2.41. The number of amides is 2. The molecule has 6 nitrogen and oxygen atoms in total. The van der Waals surface area contributed by atoms with Gasteiger partial charge in [0.2, 0.25) is 5.91 Å². The van der Waals surface area contributed by atoms with Gasteiger partial charge in [-0.05, 0) is 73.9 Å². The highest BCUT2D eigenvalue weighted by Crippen LogP contribution is 2.32. The summed E-state index contributed by atoms with van der Waals surface area (Å²) in [7, 11) is 0. The van der Waals surface area contributed by atoms with Crippen molar-refractivity contribution in [3.63, 3.8) is 0 Å². The molecule has 2 amide bonds. The molecular weight excluding hydrogens is 423 g/mol. The number of anilines is 1. The second-order valence-electron chi connectivity index (χ2n) is 8.02. The Labute approximate surface area is 192 Å². The van der Waals surface area contributed by atoms with Crippen molar-refractivity contribution in [2.24, 2.45) is 0 Å². The number of hydrogen-bond acceptors (Lipinski definition) is 4. The molecule has 0 saturated heterocycles. The molecular formula is C26H27FN2O4. The summed E-state index contributed by atoms with van der Waals surface area (Å²) in [6.07, 6.45) is 5.34. The summed E-state index contributed by atoms with van der Waals surface area (Å²) in [6, 6.07) is 14.8. The van der Waals surface area contributed by atoms with Crippen LogP contribution in [-0.2, 0) is 4.79 Å². The molecule has 1 aliphatic rings. The van der Waals surface area contributed by atoms with Crippen LogP contribution in [0.25, 0.3) is 0 Å². The Kier molecular flexibility index (Phi) is 7.07. The van der Waals surface area contributed by atoms with Crippen molar-refractivity contribution in [2.45, 2.75) is 44.7 Å². The first kappa shape index (κ1) is 22.6. The fourth-order valence-electron chi connectivity index (χ4n) is 4.19. The van der Waals surface area contributed by atoms with Crippen LogP contribution in [-0.4, -0.2) is 24.5 Å². The highest BCUT2D eigenvalue weighted by molar-refractivity contribution is 6.08. The van der Waals surface area contributed by atoms with Crippen LogP contribution in [0.4, 0.5) is 10.1 Å². The average Bonchev–Trinajstić information content (AvgIpc) is 3.53. The van der Waals surface area contributed by atoms with E-state index in [9.17, 15) is 14.0 Å². The van der Waals surface area contributed by atoms with Gasteiger partial charge < -0.3 is 14.5 Å². The molecule has 1 fully saturated rings. The van der Waals surface area contributed by atoms with Crippen molar-refractivity contribution in [1.82, 2.24) is 5.32 Å². The Balaban J connectivity index is 1.77. The third-order valence-electron chi connectivity index (χ3n) is 5.77. The molecule has 172 valence electrons. The molecule has 0 unspecified atom stereocenters. The Morgan fingerprint density at radius 3 is 2.39 bits per heavy atom. The van der Waals surface area contributed by atoms with Crippen LogP contribution in [0.5, 0.6) is 5.75 Å². The summed E-state index contributed by atoms with van der Waals surface area (Å²) in [5.74, 6) is -0.467. The molecule has 0 bridgehead atoms. The lowest BCUT2D eigenvalue weighted by Gasteiger charge is -2.32. The highest BCUT2D eigenvalue weighted by Gasteiger charge is 2.35. The van der Waals surface area contributed by atoms with Crippen LogP contribution in [0.3, 0.4) is 0 Å². The molecule has 1 aromatic heterocycles. The summed E-state index contributed by atoms with van der Waals surface area (Å²) in [4.78, 5) is 28.5. The van der Waals surface area contributed by atoms with E-state index in [-0.39, 0.29) is 17.7 Å². The molecule has 0 spiro atoms. The third kappa shape index (κ3) is 5.25. The molecule has 33 heavy (non-hydrogen) atoms. The summed E-state index contributed by atoms with van der Waals surface area (Å²) in [5, 5.41) is 3.11. The van der Waals surface area contributed by atoms with Gasteiger partial charge in [0.1, 0.15) is 17.6 Å². The Morgan fingerprint density at radius 1 is 1.09 bits per heavy atom. The average molecular weight is 451 g/mol. The van der Waals surface area contributed by atoms with Gasteiger partial charge in [0.05, 0.1) is 12.9 Å². The number of halogens is 1. The molecule has 1 aliphatic carbocycles. The van der Waals surface area contributed by atoms with Gasteiger partial charge >= 0.3 is 0 Å². The van der Waals surface area contributed by atoms with Crippen LogP contribution in [0.15, 0.2) is 71.3 Å². The van der Waals surface area contributed by atoms with Gasteiger partial charge in [0.15, 0.2) is 5.76 Å². The van der Waals surface area contributed by atoms with E-state index >= 15 is 0 Å². The first-order valence-electron chi connectivity index (χ1n) is 11.2. The summed E-state index contributed by atoms with van der Waals surface area (Å²) >= 11 is 0. The molecule has 1 saturated carbocycles. The van der Waals surface area contributed by atoms with Crippen LogP contribution in [0.1, 0.15) is 54.8 Å². The zero-order valence-electron chi connectivity index (χ0n) is 18.5. The Hall–Kier alpha value is -3.61. The third-order valence-corrected chi connectivity index (χ3v) is 5.77. The maximum Gasteiger partial charge on any atom is 0.294 e. The number of nitrogens with one attached hydrogen (secondary N) is 1. The Morgan fingerprint density at radius 2 is 1.79 bits per heavy atom. The zero-order chi connectivity index (χ0) is 23.2. The lowest BCUT2D eigenvalue weighted by molar-refractivity contribution is -0.123. The van der Waals surface area contributed by atoms with Crippen molar-refractivity contribution in [3.8, 4) is 5.75 Å². The van der Waals surface area contributed by atoms with Crippen molar-refractivity contribution >= 4 is 17.5 Å². The van der Waals surface area contributed by atoms with E-state index in [1.807, 2.05) is 6.92 Å². The van der Waals surface area contributed by atoms with Gasteiger partial charge in [-0.15, -0.1) is 0 Å². The van der Waals surface area contributed by atoms with Gasteiger partial charge in [0.25, 0.3) is 5.91 Å². The number of carbonyl (C=O) groups excluding carboxylic acids is 2. The van der Waals surface area contributed by atoms with Crippen molar-refractivity contribution in [3.05, 3.63) is 84.1 Å². The number of carbonyl (C=O) groups is 2. The number of benzene rings is 2. The zero-order valence-corrected chi connectivity index (χ0v) is 18.5. The van der Waals surface area contributed by atoms with Crippen LogP contribution >= 0.6 is 0 Å². The minimum Gasteiger partial charge on any atom is -0.494 e. The number of hydrogen-bond donors (Lipinski definition) is 1. The fraction of sp³-hybridized carbons (Fsp3) is 0.308. The number of rotatable bonds is 8. The molecule has 4 rings (SSSR count). The normalized spacial score (nSPS) is 14.6. The number of ether oxygens (including phenoxy) is 1. The molecule has 7 heteroatoms. The van der Waals surface area contributed by atoms with Crippen molar-refractivity contribution in [2.75, 3.05) is 11.5 Å². The maximum atomic E-state index is 13.7. The quantitative estimate of drug-likeness (QED) is 0.508. The van der Waals surface area contributed by atoms with E-state index in [1.165, 1.54) is 35.4 Å².